The van der Waals surface area contributed by atoms with E-state index in [4.69, 9.17) is 0 Å². The molecule has 132 valence electrons. The number of carbonyl (C=O) groups is 2. The summed E-state index contributed by atoms with van der Waals surface area (Å²) in [7, 11) is 0. The van der Waals surface area contributed by atoms with Crippen LogP contribution in [-0.2, 0) is 9.59 Å². The summed E-state index contributed by atoms with van der Waals surface area (Å²) >= 11 is 0. The molecule has 0 amide bonds. The number of fused-ring (bicyclic) bond motifs is 2. The minimum atomic E-state index is -6.59. The molecule has 2 nitrogen and oxygen atoms in total. The Hall–Kier alpha value is -1.15. The lowest BCUT2D eigenvalue weighted by Crippen LogP contribution is -2.59. The summed E-state index contributed by atoms with van der Waals surface area (Å²) in [5, 5.41) is 0. The highest BCUT2D eigenvalue weighted by atomic mass is 19.4. The third kappa shape index (κ3) is 1.94. The highest BCUT2D eigenvalue weighted by Crippen LogP contribution is 2.66. The maximum atomic E-state index is 13.6. The van der Waals surface area contributed by atoms with Gasteiger partial charge in [0.05, 0.1) is 5.92 Å². The topological polar surface area (TPSA) is 34.1 Å². The molecular weight excluding hydrogens is 333 g/mol. The first kappa shape index (κ1) is 18.2. The predicted molar refractivity (Wildman–Crippen MR) is 64.1 cm³/mol. The van der Waals surface area contributed by atoms with Crippen LogP contribution in [0.25, 0.3) is 0 Å². The van der Waals surface area contributed by atoms with E-state index in [-0.39, 0.29) is 12.8 Å². The van der Waals surface area contributed by atoms with Gasteiger partial charge >= 0.3 is 18.0 Å². The summed E-state index contributed by atoms with van der Waals surface area (Å²) in [6, 6.07) is 0. The number of alkyl halides is 7. The van der Waals surface area contributed by atoms with E-state index in [2.05, 4.69) is 0 Å². The number of Topliss-reactive ketones (excluding diaryl/α,β-unsaturated/α-hetero) is 2. The molecular formula is C14H15F7O2. The maximum absolute atomic E-state index is 13.6. The lowest BCUT2D eigenvalue weighted by atomic mass is 9.70. The van der Waals surface area contributed by atoms with Gasteiger partial charge in [-0.15, -0.1) is 0 Å². The van der Waals surface area contributed by atoms with Gasteiger partial charge in [-0.05, 0) is 24.2 Å². The molecule has 2 aliphatic rings. The fraction of sp³-hybridized carbons (Fsp3) is 0.857. The van der Waals surface area contributed by atoms with Gasteiger partial charge in [0.1, 0.15) is 5.78 Å². The SMILES string of the molecule is CC1(C)C2CC[C@]1(C)C(=O)C2C(=O)C(F)(F)C(F)(F)C(F)(F)F. The average Bonchev–Trinajstić information content (AvgIpc) is 2.68. The summed E-state index contributed by atoms with van der Waals surface area (Å²) in [5.74, 6) is -19.2. The quantitative estimate of drug-likeness (QED) is 0.570. The first-order valence-electron chi connectivity index (χ1n) is 6.94. The number of hydrogen-bond donors (Lipinski definition) is 0. The molecule has 0 spiro atoms. The highest BCUT2D eigenvalue weighted by Gasteiger charge is 2.79. The van der Waals surface area contributed by atoms with Crippen LogP contribution in [-0.4, -0.2) is 29.6 Å². The molecule has 3 atom stereocenters. The number of hydrogen-bond acceptors (Lipinski definition) is 2. The monoisotopic (exact) mass is 348 g/mol. The molecule has 0 aromatic rings. The van der Waals surface area contributed by atoms with Gasteiger partial charge in [-0.3, -0.25) is 9.59 Å². The fourth-order valence-electron chi connectivity index (χ4n) is 3.92. The van der Waals surface area contributed by atoms with Crippen molar-refractivity contribution in [2.45, 2.75) is 51.6 Å². The van der Waals surface area contributed by atoms with Crippen molar-refractivity contribution >= 4 is 11.6 Å². The third-order valence-corrected chi connectivity index (χ3v) is 5.88. The molecule has 23 heavy (non-hydrogen) atoms. The zero-order chi connectivity index (χ0) is 18.2. The molecule has 0 N–H and O–H groups in total. The molecule has 0 aromatic heterocycles. The molecule has 9 heteroatoms. The van der Waals surface area contributed by atoms with E-state index in [1.807, 2.05) is 0 Å². The Kier molecular flexibility index (Phi) is 3.54. The van der Waals surface area contributed by atoms with Crippen molar-refractivity contribution < 1.29 is 40.3 Å². The molecule has 0 heterocycles. The number of carbonyl (C=O) groups excluding carboxylic acids is 2. The number of ketones is 2. The van der Waals surface area contributed by atoms with Crippen LogP contribution in [0.1, 0.15) is 33.6 Å². The zero-order valence-electron chi connectivity index (χ0n) is 12.5. The lowest BCUT2D eigenvalue weighted by Gasteiger charge is -2.32. The zero-order valence-corrected chi connectivity index (χ0v) is 12.5. The summed E-state index contributed by atoms with van der Waals surface area (Å²) in [5.41, 5.74) is -2.10. The van der Waals surface area contributed by atoms with Crippen LogP contribution in [0.15, 0.2) is 0 Å². The molecule has 0 aliphatic heterocycles. The maximum Gasteiger partial charge on any atom is 0.460 e. The van der Waals surface area contributed by atoms with Crippen molar-refractivity contribution in [1.82, 2.24) is 0 Å². The average molecular weight is 348 g/mol. The molecule has 2 rings (SSSR count). The molecule has 2 fully saturated rings. The van der Waals surface area contributed by atoms with Gasteiger partial charge in [0, 0.05) is 5.41 Å². The second kappa shape index (κ2) is 4.47. The molecule has 2 unspecified atom stereocenters. The highest BCUT2D eigenvalue weighted by molar-refractivity contribution is 6.10. The Morgan fingerprint density at radius 2 is 1.52 bits per heavy atom. The van der Waals surface area contributed by atoms with Crippen LogP contribution < -0.4 is 0 Å². The number of rotatable bonds is 3. The smallest absolute Gasteiger partial charge is 0.298 e. The van der Waals surface area contributed by atoms with Crippen LogP contribution >= 0.6 is 0 Å². The van der Waals surface area contributed by atoms with Gasteiger partial charge in [0.25, 0.3) is 0 Å². The van der Waals surface area contributed by atoms with E-state index < -0.39 is 52.3 Å². The Morgan fingerprint density at radius 1 is 1.04 bits per heavy atom. The van der Waals surface area contributed by atoms with E-state index in [0.29, 0.717) is 0 Å². The van der Waals surface area contributed by atoms with Crippen molar-refractivity contribution in [3.05, 3.63) is 0 Å². The predicted octanol–water partition coefficient (Wildman–Crippen LogP) is 4.03. The normalized spacial score (nSPS) is 34.1. The van der Waals surface area contributed by atoms with E-state index in [9.17, 15) is 40.3 Å². The van der Waals surface area contributed by atoms with Crippen molar-refractivity contribution in [3.8, 4) is 0 Å². The number of halogens is 7. The van der Waals surface area contributed by atoms with Crippen molar-refractivity contribution in [3.63, 3.8) is 0 Å². The Morgan fingerprint density at radius 3 is 1.87 bits per heavy atom. The van der Waals surface area contributed by atoms with Crippen molar-refractivity contribution in [2.24, 2.45) is 22.7 Å². The fourth-order valence-corrected chi connectivity index (χ4v) is 3.92. The minimum Gasteiger partial charge on any atom is -0.298 e. The van der Waals surface area contributed by atoms with Crippen LogP contribution in [0.3, 0.4) is 0 Å². The third-order valence-electron chi connectivity index (χ3n) is 5.88. The second-order valence-electron chi connectivity index (χ2n) is 7.05. The van der Waals surface area contributed by atoms with Crippen molar-refractivity contribution in [1.29, 1.82) is 0 Å². The molecule has 0 aromatic carbocycles. The van der Waals surface area contributed by atoms with Gasteiger partial charge in [-0.2, -0.15) is 30.7 Å². The van der Waals surface area contributed by atoms with Gasteiger partial charge in [0.2, 0.25) is 5.78 Å². The summed E-state index contributed by atoms with van der Waals surface area (Å²) in [6.07, 6.45) is -6.15. The van der Waals surface area contributed by atoms with Gasteiger partial charge < -0.3 is 0 Å². The van der Waals surface area contributed by atoms with Crippen LogP contribution in [0.2, 0.25) is 0 Å². The summed E-state index contributed by atoms with van der Waals surface area (Å²) in [6.45, 7) is 4.51. The molecule has 0 radical (unpaired) electrons. The van der Waals surface area contributed by atoms with Gasteiger partial charge in [0.15, 0.2) is 0 Å². The van der Waals surface area contributed by atoms with Gasteiger partial charge in [-0.25, -0.2) is 0 Å². The second-order valence-corrected chi connectivity index (χ2v) is 7.05. The van der Waals surface area contributed by atoms with E-state index in [0.717, 1.165) is 0 Å². The van der Waals surface area contributed by atoms with Crippen LogP contribution in [0.5, 0.6) is 0 Å². The molecule has 2 saturated carbocycles. The first-order valence-corrected chi connectivity index (χ1v) is 6.94. The summed E-state index contributed by atoms with van der Waals surface area (Å²) in [4.78, 5) is 24.1. The standard InChI is InChI=1S/C14H15F7O2/c1-10(2)6-4-5-11(10,3)8(22)7(6)9(23)12(15,16)13(17,18)14(19,20)21/h6-7H,4-5H2,1-3H3/t6?,7?,11-/m1/s1. The Labute approximate surface area is 127 Å². The van der Waals surface area contributed by atoms with E-state index >= 15 is 0 Å². The van der Waals surface area contributed by atoms with E-state index in [1.54, 1.807) is 0 Å². The minimum absolute atomic E-state index is 0.152. The molecule has 2 aliphatic carbocycles. The molecule has 0 saturated heterocycles. The van der Waals surface area contributed by atoms with Crippen LogP contribution in [0.4, 0.5) is 30.7 Å². The van der Waals surface area contributed by atoms with Gasteiger partial charge in [-0.1, -0.05) is 20.8 Å². The molecule has 2 bridgehead atoms. The largest absolute Gasteiger partial charge is 0.460 e. The first-order chi connectivity index (χ1) is 10.0. The Balaban J connectivity index is 2.45. The van der Waals surface area contributed by atoms with Crippen LogP contribution in [0, 0.1) is 22.7 Å². The lowest BCUT2D eigenvalue weighted by molar-refractivity contribution is -0.344. The summed E-state index contributed by atoms with van der Waals surface area (Å²) < 4.78 is 90.1. The van der Waals surface area contributed by atoms with Crippen molar-refractivity contribution in [2.75, 3.05) is 0 Å². The Bertz CT molecular complexity index is 564. The van der Waals surface area contributed by atoms with E-state index in [1.165, 1.54) is 20.8 Å².